The third kappa shape index (κ3) is 6.04. The number of nitrogens with zero attached hydrogens (tertiary/aromatic N) is 2. The van der Waals surface area contributed by atoms with Gasteiger partial charge in [0.05, 0.1) is 6.61 Å². The quantitative estimate of drug-likeness (QED) is 0.515. The standard InChI is InChI=1S/C12H20N2O3/c1-3-4-5-6-7-8-16-12(15)9-11-13-10(2)14-17-11/h3-9H2,1-2H3. The van der Waals surface area contributed by atoms with Crippen LogP contribution in [0.2, 0.25) is 0 Å². The molecule has 1 heterocycles. The molecule has 5 nitrogen and oxygen atoms in total. The Labute approximate surface area is 102 Å². The van der Waals surface area contributed by atoms with E-state index in [1.54, 1.807) is 6.92 Å². The van der Waals surface area contributed by atoms with Gasteiger partial charge in [0.2, 0.25) is 5.89 Å². The topological polar surface area (TPSA) is 65.2 Å². The van der Waals surface area contributed by atoms with E-state index in [0.29, 0.717) is 18.3 Å². The lowest BCUT2D eigenvalue weighted by Crippen LogP contribution is -2.09. The lowest BCUT2D eigenvalue weighted by molar-refractivity contribution is -0.143. The fourth-order valence-corrected chi connectivity index (χ4v) is 1.48. The summed E-state index contributed by atoms with van der Waals surface area (Å²) in [5, 5.41) is 3.61. The maximum atomic E-state index is 11.4. The predicted molar refractivity (Wildman–Crippen MR) is 62.5 cm³/mol. The van der Waals surface area contributed by atoms with Crippen LogP contribution >= 0.6 is 0 Å². The molecule has 0 aliphatic carbocycles. The van der Waals surface area contributed by atoms with Gasteiger partial charge in [-0.3, -0.25) is 4.79 Å². The van der Waals surface area contributed by atoms with Crippen molar-refractivity contribution in [3.63, 3.8) is 0 Å². The fraction of sp³-hybridized carbons (Fsp3) is 0.750. The molecule has 0 aliphatic heterocycles. The smallest absolute Gasteiger partial charge is 0.315 e. The van der Waals surface area contributed by atoms with Gasteiger partial charge in [0.1, 0.15) is 6.42 Å². The van der Waals surface area contributed by atoms with E-state index >= 15 is 0 Å². The van der Waals surface area contributed by atoms with Crippen LogP contribution in [0.15, 0.2) is 4.52 Å². The molecular weight excluding hydrogens is 220 g/mol. The van der Waals surface area contributed by atoms with Crippen molar-refractivity contribution < 1.29 is 14.1 Å². The highest BCUT2D eigenvalue weighted by Crippen LogP contribution is 2.03. The summed E-state index contributed by atoms with van der Waals surface area (Å²) in [6.07, 6.45) is 5.77. The van der Waals surface area contributed by atoms with Crippen molar-refractivity contribution in [3.8, 4) is 0 Å². The average Bonchev–Trinajstić information content (AvgIpc) is 2.69. The zero-order valence-electron chi connectivity index (χ0n) is 10.6. The lowest BCUT2D eigenvalue weighted by Gasteiger charge is -2.02. The number of aryl methyl sites for hydroxylation is 1. The number of carbonyl (C=O) groups excluding carboxylic acids is 1. The van der Waals surface area contributed by atoms with Gasteiger partial charge >= 0.3 is 5.97 Å². The number of ether oxygens (including phenoxy) is 1. The molecule has 0 spiro atoms. The highest BCUT2D eigenvalue weighted by atomic mass is 16.5. The zero-order valence-corrected chi connectivity index (χ0v) is 10.6. The third-order valence-corrected chi connectivity index (χ3v) is 2.38. The molecule has 0 saturated carbocycles. The molecule has 96 valence electrons. The highest BCUT2D eigenvalue weighted by Gasteiger charge is 2.10. The van der Waals surface area contributed by atoms with Crippen LogP contribution in [0.4, 0.5) is 0 Å². The van der Waals surface area contributed by atoms with Crippen molar-refractivity contribution in [1.82, 2.24) is 10.1 Å². The van der Waals surface area contributed by atoms with E-state index in [1.807, 2.05) is 0 Å². The minimum atomic E-state index is -0.302. The first kappa shape index (κ1) is 13.7. The van der Waals surface area contributed by atoms with E-state index in [9.17, 15) is 4.79 Å². The number of rotatable bonds is 8. The van der Waals surface area contributed by atoms with Crippen molar-refractivity contribution in [2.24, 2.45) is 0 Å². The van der Waals surface area contributed by atoms with Crippen molar-refractivity contribution in [2.75, 3.05) is 6.61 Å². The van der Waals surface area contributed by atoms with Gasteiger partial charge in [0.25, 0.3) is 0 Å². The van der Waals surface area contributed by atoms with Crippen LogP contribution in [0.25, 0.3) is 0 Å². The largest absolute Gasteiger partial charge is 0.465 e. The maximum Gasteiger partial charge on any atom is 0.315 e. The molecule has 0 bridgehead atoms. The molecule has 0 fully saturated rings. The first-order chi connectivity index (χ1) is 8.22. The Morgan fingerprint density at radius 3 is 2.71 bits per heavy atom. The van der Waals surface area contributed by atoms with Gasteiger partial charge in [-0.25, -0.2) is 0 Å². The highest BCUT2D eigenvalue weighted by molar-refractivity contribution is 5.71. The van der Waals surface area contributed by atoms with Crippen molar-refractivity contribution in [1.29, 1.82) is 0 Å². The van der Waals surface area contributed by atoms with Gasteiger partial charge in [-0.1, -0.05) is 37.8 Å². The Balaban J connectivity index is 2.05. The summed E-state index contributed by atoms with van der Waals surface area (Å²) >= 11 is 0. The Morgan fingerprint density at radius 1 is 1.29 bits per heavy atom. The van der Waals surface area contributed by atoms with Crippen LogP contribution in [0.3, 0.4) is 0 Å². The molecule has 0 aliphatic rings. The van der Waals surface area contributed by atoms with Crippen LogP contribution in [-0.2, 0) is 16.0 Å². The average molecular weight is 240 g/mol. The Hall–Kier alpha value is -1.39. The van der Waals surface area contributed by atoms with Crippen LogP contribution in [-0.4, -0.2) is 22.7 Å². The molecule has 0 N–H and O–H groups in total. The number of aromatic nitrogens is 2. The van der Waals surface area contributed by atoms with E-state index in [2.05, 4.69) is 17.1 Å². The molecule has 0 unspecified atom stereocenters. The van der Waals surface area contributed by atoms with Crippen LogP contribution in [0, 0.1) is 6.92 Å². The van der Waals surface area contributed by atoms with Crippen LogP contribution < -0.4 is 0 Å². The first-order valence-electron chi connectivity index (χ1n) is 6.17. The van der Waals surface area contributed by atoms with Crippen LogP contribution in [0.5, 0.6) is 0 Å². The fourth-order valence-electron chi connectivity index (χ4n) is 1.48. The molecule has 0 saturated heterocycles. The molecule has 1 aromatic heterocycles. The molecule has 17 heavy (non-hydrogen) atoms. The Bertz CT molecular complexity index is 336. The molecule has 1 aromatic rings. The van der Waals surface area contributed by atoms with Gasteiger partial charge in [-0.15, -0.1) is 0 Å². The molecular formula is C12H20N2O3. The van der Waals surface area contributed by atoms with Crippen molar-refractivity contribution in [2.45, 2.75) is 52.4 Å². The molecule has 1 rings (SSSR count). The Kier molecular flexibility index (Phi) is 6.29. The van der Waals surface area contributed by atoms with E-state index in [-0.39, 0.29) is 12.4 Å². The summed E-state index contributed by atoms with van der Waals surface area (Å²) in [4.78, 5) is 15.3. The summed E-state index contributed by atoms with van der Waals surface area (Å²) in [6, 6.07) is 0. The lowest BCUT2D eigenvalue weighted by atomic mass is 10.2. The molecule has 0 radical (unpaired) electrons. The van der Waals surface area contributed by atoms with E-state index < -0.39 is 0 Å². The summed E-state index contributed by atoms with van der Waals surface area (Å²) in [7, 11) is 0. The molecule has 0 aromatic carbocycles. The predicted octanol–water partition coefficient (Wildman–Crippen LogP) is 2.43. The van der Waals surface area contributed by atoms with Crippen molar-refractivity contribution in [3.05, 3.63) is 11.7 Å². The van der Waals surface area contributed by atoms with Gasteiger partial charge in [0, 0.05) is 0 Å². The van der Waals surface area contributed by atoms with Gasteiger partial charge in [-0.2, -0.15) is 4.98 Å². The number of hydrogen-bond acceptors (Lipinski definition) is 5. The second-order valence-corrected chi connectivity index (χ2v) is 4.05. The number of hydrogen-bond donors (Lipinski definition) is 0. The third-order valence-electron chi connectivity index (χ3n) is 2.38. The zero-order chi connectivity index (χ0) is 12.5. The van der Waals surface area contributed by atoms with E-state index in [0.717, 1.165) is 12.8 Å². The first-order valence-corrected chi connectivity index (χ1v) is 6.17. The number of carbonyl (C=O) groups is 1. The molecule has 5 heteroatoms. The summed E-state index contributed by atoms with van der Waals surface area (Å²) in [5.74, 6) is 0.551. The minimum Gasteiger partial charge on any atom is -0.465 e. The monoisotopic (exact) mass is 240 g/mol. The Morgan fingerprint density at radius 2 is 2.06 bits per heavy atom. The van der Waals surface area contributed by atoms with Gasteiger partial charge < -0.3 is 9.26 Å². The summed E-state index contributed by atoms with van der Waals surface area (Å²) in [5.41, 5.74) is 0. The summed E-state index contributed by atoms with van der Waals surface area (Å²) < 4.78 is 9.90. The van der Waals surface area contributed by atoms with Gasteiger partial charge in [0.15, 0.2) is 5.82 Å². The van der Waals surface area contributed by atoms with Gasteiger partial charge in [-0.05, 0) is 13.3 Å². The molecule has 0 amide bonds. The summed E-state index contributed by atoms with van der Waals surface area (Å²) in [6.45, 7) is 4.37. The minimum absolute atomic E-state index is 0.0653. The van der Waals surface area contributed by atoms with E-state index in [1.165, 1.54) is 19.3 Å². The number of esters is 1. The van der Waals surface area contributed by atoms with E-state index in [4.69, 9.17) is 9.26 Å². The number of unbranched alkanes of at least 4 members (excludes halogenated alkanes) is 4. The normalized spacial score (nSPS) is 10.5. The van der Waals surface area contributed by atoms with Crippen LogP contribution in [0.1, 0.15) is 50.7 Å². The second-order valence-electron chi connectivity index (χ2n) is 4.05. The second kappa shape index (κ2) is 7.81. The molecule has 0 atom stereocenters. The SMILES string of the molecule is CCCCCCCOC(=O)Cc1nc(C)no1. The van der Waals surface area contributed by atoms with Crippen molar-refractivity contribution >= 4 is 5.97 Å². The maximum absolute atomic E-state index is 11.4.